The van der Waals surface area contributed by atoms with Crippen LogP contribution in [0.25, 0.3) is 0 Å². The van der Waals surface area contributed by atoms with Crippen LogP contribution in [0.5, 0.6) is 0 Å². The number of carbonyl (C=O) groups is 1. The average Bonchev–Trinajstić information content (AvgIpc) is 2.39. The van der Waals surface area contributed by atoms with Crippen molar-refractivity contribution in [1.82, 2.24) is 4.57 Å². The zero-order chi connectivity index (χ0) is 11.6. The molecule has 0 aliphatic carbocycles. The lowest BCUT2D eigenvalue weighted by Crippen LogP contribution is -3.06. The molecular formula is C11H18N2O2. The quantitative estimate of drug-likeness (QED) is 0.665. The predicted molar refractivity (Wildman–Crippen MR) is 55.9 cm³/mol. The van der Waals surface area contributed by atoms with Gasteiger partial charge in [0.1, 0.15) is 0 Å². The molecule has 0 amide bonds. The maximum atomic E-state index is 10.8. The molecule has 1 aromatic heterocycles. The minimum Gasteiger partial charge on any atom is -0.545 e. The van der Waals surface area contributed by atoms with E-state index in [-0.39, 0.29) is 0 Å². The average molecular weight is 210 g/mol. The van der Waals surface area contributed by atoms with Gasteiger partial charge in [-0.15, -0.1) is 0 Å². The Kier molecular flexibility index (Phi) is 3.52. The molecule has 4 nitrogen and oxygen atoms in total. The van der Waals surface area contributed by atoms with Gasteiger partial charge in [-0.1, -0.05) is 0 Å². The van der Waals surface area contributed by atoms with Crippen molar-refractivity contribution in [1.29, 1.82) is 0 Å². The Morgan fingerprint density at radius 1 is 1.47 bits per heavy atom. The molecule has 1 aromatic rings. The number of carboxylic acids is 1. The largest absolute Gasteiger partial charge is 0.545 e. The Hall–Kier alpha value is -1.29. The van der Waals surface area contributed by atoms with Gasteiger partial charge in [-0.25, -0.2) is 0 Å². The highest BCUT2D eigenvalue weighted by atomic mass is 16.4. The molecule has 15 heavy (non-hydrogen) atoms. The van der Waals surface area contributed by atoms with Crippen LogP contribution < -0.4 is 10.0 Å². The fraction of sp³-hybridized carbons (Fsp3) is 0.545. The minimum atomic E-state index is -1.09. The van der Waals surface area contributed by atoms with Gasteiger partial charge in [-0.2, -0.15) is 0 Å². The number of rotatable bonds is 4. The highest BCUT2D eigenvalue weighted by molar-refractivity contribution is 5.87. The summed E-state index contributed by atoms with van der Waals surface area (Å²) in [6.45, 7) is 5.56. The van der Waals surface area contributed by atoms with Crippen molar-refractivity contribution < 1.29 is 14.8 Å². The van der Waals surface area contributed by atoms with E-state index in [0.29, 0.717) is 5.56 Å². The first-order valence-electron chi connectivity index (χ1n) is 5.10. The Morgan fingerprint density at radius 3 is 2.47 bits per heavy atom. The van der Waals surface area contributed by atoms with Gasteiger partial charge in [0.2, 0.25) is 0 Å². The van der Waals surface area contributed by atoms with Gasteiger partial charge in [0.15, 0.2) is 0 Å². The third kappa shape index (κ3) is 2.59. The number of aryl methyl sites for hydroxylation is 1. The van der Waals surface area contributed by atoms with E-state index in [2.05, 4.69) is 14.1 Å². The van der Waals surface area contributed by atoms with Crippen molar-refractivity contribution in [3.8, 4) is 0 Å². The summed E-state index contributed by atoms with van der Waals surface area (Å²) < 4.78 is 2.03. The molecule has 0 aliphatic rings. The first-order chi connectivity index (χ1) is 6.93. The van der Waals surface area contributed by atoms with Crippen molar-refractivity contribution >= 4 is 5.97 Å². The summed E-state index contributed by atoms with van der Waals surface area (Å²) in [5.74, 6) is -1.09. The van der Waals surface area contributed by atoms with E-state index in [0.717, 1.165) is 24.5 Å². The Labute approximate surface area is 90.1 Å². The SMILES string of the molecule is Cc1cc(C(=O)[O-])c(C)n1CC[NH+](C)C. The first kappa shape index (κ1) is 11.8. The van der Waals surface area contributed by atoms with Crippen LogP contribution in [0.4, 0.5) is 0 Å². The van der Waals surface area contributed by atoms with Crippen LogP contribution in [-0.2, 0) is 6.54 Å². The van der Waals surface area contributed by atoms with Crippen LogP contribution in [0, 0.1) is 13.8 Å². The number of carbonyl (C=O) groups excluding carboxylic acids is 1. The monoisotopic (exact) mass is 210 g/mol. The molecule has 1 heterocycles. The number of aromatic carboxylic acids is 1. The normalized spacial score (nSPS) is 11.0. The zero-order valence-electron chi connectivity index (χ0n) is 9.76. The summed E-state index contributed by atoms with van der Waals surface area (Å²) in [6.07, 6.45) is 0. The lowest BCUT2D eigenvalue weighted by atomic mass is 10.2. The van der Waals surface area contributed by atoms with Gasteiger partial charge >= 0.3 is 0 Å². The summed E-state index contributed by atoms with van der Waals surface area (Å²) >= 11 is 0. The Balaban J connectivity index is 2.93. The van der Waals surface area contributed by atoms with Gasteiger partial charge in [0, 0.05) is 17.0 Å². The molecule has 0 aliphatic heterocycles. The summed E-state index contributed by atoms with van der Waals surface area (Å²) in [5.41, 5.74) is 2.07. The van der Waals surface area contributed by atoms with E-state index in [1.807, 2.05) is 18.4 Å². The van der Waals surface area contributed by atoms with Gasteiger partial charge in [0.25, 0.3) is 0 Å². The summed E-state index contributed by atoms with van der Waals surface area (Å²) in [6, 6.07) is 1.68. The number of nitrogens with one attached hydrogen (secondary N) is 1. The molecule has 0 aromatic carbocycles. The van der Waals surface area contributed by atoms with Crippen molar-refractivity contribution in [2.24, 2.45) is 0 Å². The van der Waals surface area contributed by atoms with E-state index in [4.69, 9.17) is 0 Å². The smallest absolute Gasteiger partial charge is 0.0949 e. The molecule has 0 fully saturated rings. The standard InChI is InChI=1S/C11H18N2O2/c1-8-7-10(11(14)15)9(2)13(8)6-5-12(3)4/h7H,5-6H2,1-4H3,(H,14,15). The molecule has 0 radical (unpaired) electrons. The lowest BCUT2D eigenvalue weighted by molar-refractivity contribution is -0.858. The van der Waals surface area contributed by atoms with E-state index in [9.17, 15) is 9.90 Å². The van der Waals surface area contributed by atoms with Crippen molar-refractivity contribution in [2.75, 3.05) is 20.6 Å². The molecule has 0 atom stereocenters. The van der Waals surface area contributed by atoms with E-state index in [1.165, 1.54) is 4.90 Å². The minimum absolute atomic E-state index is 0.307. The van der Waals surface area contributed by atoms with Crippen LogP contribution in [-0.4, -0.2) is 31.2 Å². The fourth-order valence-electron chi connectivity index (χ4n) is 1.69. The highest BCUT2D eigenvalue weighted by Gasteiger charge is 2.09. The molecular weight excluding hydrogens is 192 g/mol. The Bertz CT molecular complexity index is 367. The number of likely N-dealkylation sites (N-methyl/N-ethyl adjacent to an activating group) is 1. The number of aromatic nitrogens is 1. The van der Waals surface area contributed by atoms with Crippen LogP contribution in [0.15, 0.2) is 6.07 Å². The molecule has 0 unspecified atom stereocenters. The van der Waals surface area contributed by atoms with Crippen molar-refractivity contribution in [3.05, 3.63) is 23.0 Å². The maximum Gasteiger partial charge on any atom is 0.0949 e. The molecule has 1 rings (SSSR count). The number of hydrogen-bond donors (Lipinski definition) is 1. The highest BCUT2D eigenvalue weighted by Crippen LogP contribution is 2.13. The second kappa shape index (κ2) is 4.49. The summed E-state index contributed by atoms with van der Waals surface area (Å²) in [5, 5.41) is 10.8. The number of quaternary nitrogens is 1. The van der Waals surface area contributed by atoms with E-state index >= 15 is 0 Å². The topological polar surface area (TPSA) is 49.5 Å². The third-order valence-corrected chi connectivity index (χ3v) is 2.63. The van der Waals surface area contributed by atoms with Crippen LogP contribution >= 0.6 is 0 Å². The summed E-state index contributed by atoms with van der Waals surface area (Å²) in [4.78, 5) is 12.1. The van der Waals surface area contributed by atoms with Crippen molar-refractivity contribution in [3.63, 3.8) is 0 Å². The van der Waals surface area contributed by atoms with Crippen LogP contribution in [0.3, 0.4) is 0 Å². The van der Waals surface area contributed by atoms with Gasteiger partial charge in [-0.05, 0) is 19.9 Å². The molecule has 0 saturated heterocycles. The van der Waals surface area contributed by atoms with E-state index < -0.39 is 5.97 Å². The fourth-order valence-corrected chi connectivity index (χ4v) is 1.69. The maximum absolute atomic E-state index is 10.8. The second-order valence-corrected chi connectivity index (χ2v) is 4.18. The third-order valence-electron chi connectivity index (χ3n) is 2.63. The number of nitrogens with zero attached hydrogens (tertiary/aromatic N) is 1. The van der Waals surface area contributed by atoms with E-state index in [1.54, 1.807) is 6.07 Å². The number of hydrogen-bond acceptors (Lipinski definition) is 2. The van der Waals surface area contributed by atoms with Crippen LogP contribution in [0.1, 0.15) is 21.7 Å². The zero-order valence-corrected chi connectivity index (χ0v) is 9.76. The predicted octanol–water partition coefficient (Wildman–Crippen LogP) is -1.39. The van der Waals surface area contributed by atoms with Gasteiger partial charge < -0.3 is 19.4 Å². The van der Waals surface area contributed by atoms with Crippen LogP contribution in [0.2, 0.25) is 0 Å². The van der Waals surface area contributed by atoms with Crippen molar-refractivity contribution in [2.45, 2.75) is 20.4 Å². The Morgan fingerprint density at radius 2 is 2.07 bits per heavy atom. The lowest BCUT2D eigenvalue weighted by Gasteiger charge is -2.12. The molecule has 4 heteroatoms. The molecule has 0 saturated carbocycles. The second-order valence-electron chi connectivity index (χ2n) is 4.18. The summed E-state index contributed by atoms with van der Waals surface area (Å²) in [7, 11) is 4.15. The molecule has 1 N–H and O–H groups in total. The van der Waals surface area contributed by atoms with Gasteiger partial charge in [0.05, 0.1) is 33.2 Å². The first-order valence-corrected chi connectivity index (χ1v) is 5.10. The molecule has 84 valence electrons. The molecule has 0 spiro atoms. The van der Waals surface area contributed by atoms with Gasteiger partial charge in [-0.3, -0.25) is 0 Å². The number of carboxylic acid groups (broad SMARTS) is 1. The molecule has 0 bridgehead atoms.